The fraction of sp³-hybridized carbons (Fsp3) is 0.462. The van der Waals surface area contributed by atoms with Crippen LogP contribution in [0.25, 0.3) is 0 Å². The number of pyridine rings is 1. The first-order chi connectivity index (χ1) is 9.57. The molecule has 0 aromatic carbocycles. The van der Waals surface area contributed by atoms with E-state index in [0.29, 0.717) is 29.7 Å². The van der Waals surface area contributed by atoms with E-state index >= 15 is 0 Å². The maximum absolute atomic E-state index is 8.31. The average molecular weight is 296 g/mol. The van der Waals surface area contributed by atoms with Gasteiger partial charge in [-0.25, -0.2) is 4.98 Å². The highest BCUT2D eigenvalue weighted by atomic mass is 35.5. The Morgan fingerprint density at radius 3 is 3.05 bits per heavy atom. The molecule has 20 heavy (non-hydrogen) atoms. The zero-order valence-electron chi connectivity index (χ0n) is 11.8. The summed E-state index contributed by atoms with van der Waals surface area (Å²) in [6.45, 7) is 3.16. The molecule has 1 aliphatic rings. The quantitative estimate of drug-likeness (QED) is 0.502. The normalized spacial score (nSPS) is 20.2. The van der Waals surface area contributed by atoms with Crippen molar-refractivity contribution in [3.8, 4) is 0 Å². The van der Waals surface area contributed by atoms with Crippen LogP contribution in [-0.4, -0.2) is 49.8 Å². The third-order valence-corrected chi connectivity index (χ3v) is 3.63. The minimum Gasteiger partial charge on any atom is -0.383 e. The molecule has 0 saturated heterocycles. The van der Waals surface area contributed by atoms with Gasteiger partial charge in [-0.2, -0.15) is 5.10 Å². The highest BCUT2D eigenvalue weighted by Gasteiger charge is 2.32. The van der Waals surface area contributed by atoms with E-state index < -0.39 is 0 Å². The Bertz CT molecular complexity index is 546. The van der Waals surface area contributed by atoms with Gasteiger partial charge in [-0.1, -0.05) is 11.6 Å². The van der Waals surface area contributed by atoms with Crippen molar-refractivity contribution >= 4 is 28.7 Å². The molecule has 2 heterocycles. The number of anilines is 1. The molecular formula is C13H18ClN5O. The zero-order chi connectivity index (χ0) is 14.7. The van der Waals surface area contributed by atoms with Crippen LogP contribution in [0.15, 0.2) is 17.4 Å². The molecule has 108 valence electrons. The molecule has 0 aliphatic carbocycles. The van der Waals surface area contributed by atoms with Crippen molar-refractivity contribution in [1.29, 1.82) is 5.41 Å². The molecule has 1 aromatic rings. The van der Waals surface area contributed by atoms with Gasteiger partial charge < -0.3 is 15.1 Å². The molecule has 2 N–H and O–H groups in total. The fourth-order valence-electron chi connectivity index (χ4n) is 2.13. The second-order valence-electron chi connectivity index (χ2n) is 4.56. The Kier molecular flexibility index (Phi) is 4.57. The third kappa shape index (κ3) is 2.62. The first-order valence-corrected chi connectivity index (χ1v) is 6.71. The van der Waals surface area contributed by atoms with Crippen molar-refractivity contribution in [2.75, 3.05) is 32.2 Å². The lowest BCUT2D eigenvalue weighted by Crippen LogP contribution is -2.46. The Morgan fingerprint density at radius 1 is 1.60 bits per heavy atom. The largest absolute Gasteiger partial charge is 0.383 e. The molecule has 6 nitrogen and oxygen atoms in total. The number of rotatable bonds is 4. The lowest BCUT2D eigenvalue weighted by Gasteiger charge is -2.35. The van der Waals surface area contributed by atoms with Crippen LogP contribution in [0.1, 0.15) is 12.5 Å². The van der Waals surface area contributed by atoms with Crippen molar-refractivity contribution < 1.29 is 4.74 Å². The second kappa shape index (κ2) is 6.19. The van der Waals surface area contributed by atoms with Gasteiger partial charge in [-0.05, 0) is 13.0 Å². The van der Waals surface area contributed by atoms with Gasteiger partial charge in [0.1, 0.15) is 5.71 Å². The summed E-state index contributed by atoms with van der Waals surface area (Å²) in [4.78, 5) is 6.06. The number of fused-ring (bicyclic) bond motifs is 1. The summed E-state index contributed by atoms with van der Waals surface area (Å²) < 4.78 is 4.96. The maximum Gasteiger partial charge on any atom is 0.152 e. The molecule has 0 radical (unpaired) electrons. The molecule has 1 aromatic heterocycles. The van der Waals surface area contributed by atoms with Gasteiger partial charge >= 0.3 is 0 Å². The van der Waals surface area contributed by atoms with Gasteiger partial charge in [0.2, 0.25) is 0 Å². The van der Waals surface area contributed by atoms with Crippen molar-refractivity contribution in [1.82, 2.24) is 10.4 Å². The van der Waals surface area contributed by atoms with Gasteiger partial charge in [-0.15, -0.1) is 0 Å². The Labute approximate surface area is 123 Å². The van der Waals surface area contributed by atoms with E-state index in [-0.39, 0.29) is 6.04 Å². The summed E-state index contributed by atoms with van der Waals surface area (Å²) in [6, 6.07) is 1.74. The topological polar surface area (TPSA) is 73.6 Å². The molecule has 0 spiro atoms. The van der Waals surface area contributed by atoms with Crippen LogP contribution in [-0.2, 0) is 4.74 Å². The summed E-state index contributed by atoms with van der Waals surface area (Å²) >= 11 is 6.14. The molecule has 2 rings (SSSR count). The van der Waals surface area contributed by atoms with Crippen LogP contribution in [0.5, 0.6) is 0 Å². The molecule has 0 bridgehead atoms. The number of hydrogen-bond donors (Lipinski definition) is 2. The number of ether oxygens (including phenoxy) is 1. The lowest BCUT2D eigenvalue weighted by molar-refractivity contribution is 0.200. The van der Waals surface area contributed by atoms with Crippen molar-refractivity contribution in [2.45, 2.75) is 13.0 Å². The molecule has 7 heteroatoms. The summed E-state index contributed by atoms with van der Waals surface area (Å²) in [5.74, 6) is 0. The number of nitrogens with zero attached hydrogens (tertiary/aromatic N) is 3. The minimum absolute atomic E-state index is 0.0493. The van der Waals surface area contributed by atoms with Crippen LogP contribution in [0.3, 0.4) is 0 Å². The first kappa shape index (κ1) is 14.7. The zero-order valence-corrected chi connectivity index (χ0v) is 12.5. The first-order valence-electron chi connectivity index (χ1n) is 6.34. The van der Waals surface area contributed by atoms with Crippen LogP contribution >= 0.6 is 11.6 Å². The Balaban J connectivity index is 2.32. The maximum atomic E-state index is 8.31. The molecule has 1 unspecified atom stereocenters. The standard InChI is InChI=1S/C13H18ClN5O/c1-8-11(18-17-6-7-20-3)10(15)9-4-5-16-13(14)12(9)19(8)2/h4-5,8,15,17H,6-7H2,1-3H3/b15-10?,18-11-. The highest BCUT2D eigenvalue weighted by molar-refractivity contribution is 6.52. The fourth-order valence-corrected chi connectivity index (χ4v) is 2.42. The smallest absolute Gasteiger partial charge is 0.152 e. The number of hydrazone groups is 1. The molecule has 1 aliphatic heterocycles. The van der Waals surface area contributed by atoms with Gasteiger partial charge in [0.05, 0.1) is 30.6 Å². The van der Waals surface area contributed by atoms with E-state index in [9.17, 15) is 0 Å². The van der Waals surface area contributed by atoms with Gasteiger partial charge in [0, 0.05) is 25.9 Å². The van der Waals surface area contributed by atoms with E-state index in [4.69, 9.17) is 21.7 Å². The molecule has 0 saturated carbocycles. The van der Waals surface area contributed by atoms with Crippen LogP contribution in [0, 0.1) is 5.41 Å². The van der Waals surface area contributed by atoms with Crippen molar-refractivity contribution in [2.24, 2.45) is 5.10 Å². The predicted octanol–water partition coefficient (Wildman–Crippen LogP) is 1.53. The molecule has 0 fully saturated rings. The van der Waals surface area contributed by atoms with E-state index in [1.165, 1.54) is 0 Å². The van der Waals surface area contributed by atoms with E-state index in [1.54, 1.807) is 19.4 Å². The number of nitrogens with one attached hydrogen (secondary N) is 2. The summed E-state index contributed by atoms with van der Waals surface area (Å²) in [7, 11) is 3.56. The second-order valence-corrected chi connectivity index (χ2v) is 4.92. The molecule has 0 amide bonds. The van der Waals surface area contributed by atoms with Gasteiger partial charge in [0.15, 0.2) is 5.15 Å². The SMILES string of the molecule is COCCN/N=C1\C(=N)c2ccnc(Cl)c2N(C)C1C. The number of halogens is 1. The monoisotopic (exact) mass is 295 g/mol. The summed E-state index contributed by atoms with van der Waals surface area (Å²) in [5.41, 5.74) is 5.51. The van der Waals surface area contributed by atoms with Gasteiger partial charge in [-0.3, -0.25) is 5.41 Å². The van der Waals surface area contributed by atoms with Crippen LogP contribution < -0.4 is 10.3 Å². The molecular weight excluding hydrogens is 278 g/mol. The van der Waals surface area contributed by atoms with E-state index in [0.717, 1.165) is 11.3 Å². The number of hydrogen-bond acceptors (Lipinski definition) is 6. The highest BCUT2D eigenvalue weighted by Crippen LogP contribution is 2.33. The summed E-state index contributed by atoms with van der Waals surface area (Å²) in [5, 5.41) is 13.0. The lowest BCUT2D eigenvalue weighted by atomic mass is 9.94. The van der Waals surface area contributed by atoms with Crippen LogP contribution in [0.4, 0.5) is 5.69 Å². The van der Waals surface area contributed by atoms with Gasteiger partial charge in [0.25, 0.3) is 0 Å². The number of aromatic nitrogens is 1. The van der Waals surface area contributed by atoms with E-state index in [2.05, 4.69) is 15.5 Å². The molecule has 1 atom stereocenters. The van der Waals surface area contributed by atoms with Crippen molar-refractivity contribution in [3.05, 3.63) is 23.0 Å². The minimum atomic E-state index is -0.0493. The Hall–Kier alpha value is -1.66. The van der Waals surface area contributed by atoms with E-state index in [1.807, 2.05) is 18.9 Å². The average Bonchev–Trinajstić information content (AvgIpc) is 2.44. The summed E-state index contributed by atoms with van der Waals surface area (Å²) in [6.07, 6.45) is 1.61. The van der Waals surface area contributed by atoms with Crippen LogP contribution in [0.2, 0.25) is 5.15 Å². The number of methoxy groups -OCH3 is 1. The predicted molar refractivity (Wildman–Crippen MR) is 81.3 cm³/mol. The Morgan fingerprint density at radius 2 is 2.35 bits per heavy atom. The third-order valence-electron chi connectivity index (χ3n) is 3.35. The van der Waals surface area contributed by atoms with Crippen molar-refractivity contribution in [3.63, 3.8) is 0 Å².